The Hall–Kier alpha value is 0.0900. The van der Waals surface area contributed by atoms with E-state index in [1.54, 1.807) is 0 Å². The molecular formula is C15H31N3OS2. The van der Waals surface area contributed by atoms with Gasteiger partial charge in [0.1, 0.15) is 0 Å². The highest BCUT2D eigenvalue weighted by molar-refractivity contribution is 8.03. The Morgan fingerprint density at radius 2 is 1.86 bits per heavy atom. The first-order valence-electron chi connectivity index (χ1n) is 7.73. The SMILES string of the molecule is CN(C)CCCC(C)(C)NC(=O)CCN1CSCCSC1. The molecule has 0 aromatic rings. The first-order chi connectivity index (χ1) is 9.89. The topological polar surface area (TPSA) is 35.6 Å². The Morgan fingerprint density at radius 3 is 2.43 bits per heavy atom. The first-order valence-corrected chi connectivity index (χ1v) is 10.0. The molecule has 0 radical (unpaired) electrons. The van der Waals surface area contributed by atoms with Gasteiger partial charge in [-0.25, -0.2) is 0 Å². The van der Waals surface area contributed by atoms with Crippen molar-refractivity contribution in [2.24, 2.45) is 0 Å². The Morgan fingerprint density at radius 1 is 1.24 bits per heavy atom. The van der Waals surface area contributed by atoms with Gasteiger partial charge in [-0.3, -0.25) is 9.69 Å². The molecule has 1 aliphatic heterocycles. The van der Waals surface area contributed by atoms with E-state index in [0.29, 0.717) is 6.42 Å². The van der Waals surface area contributed by atoms with Crippen molar-refractivity contribution in [2.75, 3.05) is 50.4 Å². The summed E-state index contributed by atoms with van der Waals surface area (Å²) >= 11 is 3.94. The molecule has 21 heavy (non-hydrogen) atoms. The molecule has 6 heteroatoms. The molecule has 0 saturated carbocycles. The van der Waals surface area contributed by atoms with Gasteiger partial charge >= 0.3 is 0 Å². The molecule has 0 aromatic carbocycles. The number of hydrogen-bond donors (Lipinski definition) is 1. The zero-order valence-corrected chi connectivity index (χ0v) is 15.6. The summed E-state index contributed by atoms with van der Waals surface area (Å²) in [4.78, 5) is 16.7. The fourth-order valence-corrected chi connectivity index (χ4v) is 4.54. The van der Waals surface area contributed by atoms with E-state index >= 15 is 0 Å². The van der Waals surface area contributed by atoms with Crippen LogP contribution < -0.4 is 5.32 Å². The van der Waals surface area contributed by atoms with Gasteiger partial charge in [0.05, 0.1) is 0 Å². The third-order valence-corrected chi connectivity index (χ3v) is 5.80. The second-order valence-electron chi connectivity index (χ2n) is 6.56. The molecule has 4 nitrogen and oxygen atoms in total. The minimum atomic E-state index is -0.102. The van der Waals surface area contributed by atoms with Gasteiger partial charge in [-0.15, -0.1) is 23.5 Å². The minimum Gasteiger partial charge on any atom is -0.351 e. The molecule has 0 aromatic heterocycles. The lowest BCUT2D eigenvalue weighted by Gasteiger charge is -2.27. The Balaban J connectivity index is 2.21. The first kappa shape index (κ1) is 19.1. The van der Waals surface area contributed by atoms with Crippen LogP contribution in [0.25, 0.3) is 0 Å². The number of nitrogens with zero attached hydrogens (tertiary/aromatic N) is 2. The van der Waals surface area contributed by atoms with Crippen LogP contribution in [0.1, 0.15) is 33.1 Å². The van der Waals surface area contributed by atoms with Crippen LogP contribution in [-0.2, 0) is 4.79 Å². The van der Waals surface area contributed by atoms with Gasteiger partial charge in [0.2, 0.25) is 5.91 Å². The Labute approximate surface area is 138 Å². The number of carbonyl (C=O) groups is 1. The van der Waals surface area contributed by atoms with E-state index in [-0.39, 0.29) is 11.4 Å². The molecule has 1 amide bonds. The van der Waals surface area contributed by atoms with Gasteiger partial charge in [-0.1, -0.05) is 0 Å². The molecule has 0 bridgehead atoms. The van der Waals surface area contributed by atoms with Crippen molar-refractivity contribution in [3.05, 3.63) is 0 Å². The molecule has 1 aliphatic rings. The summed E-state index contributed by atoms with van der Waals surface area (Å²) in [7, 11) is 4.17. The van der Waals surface area contributed by atoms with Crippen LogP contribution in [0.4, 0.5) is 0 Å². The van der Waals surface area contributed by atoms with Gasteiger partial charge in [0.25, 0.3) is 0 Å². The molecular weight excluding hydrogens is 302 g/mol. The highest BCUT2D eigenvalue weighted by atomic mass is 32.2. The van der Waals surface area contributed by atoms with Crippen LogP contribution in [-0.4, -0.2) is 71.7 Å². The molecule has 124 valence electrons. The lowest BCUT2D eigenvalue weighted by molar-refractivity contribution is -0.123. The standard InChI is InChI=1S/C15H31N3OS2/c1-15(2,7-5-8-17(3)4)16-14(19)6-9-18-12-20-10-11-21-13-18/h5-13H2,1-4H3,(H,16,19). The van der Waals surface area contributed by atoms with Gasteiger partial charge in [0, 0.05) is 41.8 Å². The van der Waals surface area contributed by atoms with Crippen molar-refractivity contribution >= 4 is 29.4 Å². The number of amides is 1. The number of rotatable bonds is 8. The largest absolute Gasteiger partial charge is 0.351 e. The smallest absolute Gasteiger partial charge is 0.221 e. The van der Waals surface area contributed by atoms with E-state index in [1.807, 2.05) is 23.5 Å². The zero-order chi connectivity index (χ0) is 15.7. The lowest BCUT2D eigenvalue weighted by atomic mass is 9.98. The summed E-state index contributed by atoms with van der Waals surface area (Å²) in [5.74, 6) is 4.77. The highest BCUT2D eigenvalue weighted by Gasteiger charge is 2.20. The van der Waals surface area contributed by atoms with Gasteiger partial charge in [-0.2, -0.15) is 0 Å². The molecule has 1 N–H and O–H groups in total. The second-order valence-corrected chi connectivity index (χ2v) is 8.71. The number of carbonyl (C=O) groups excluding carboxylic acids is 1. The van der Waals surface area contributed by atoms with E-state index in [2.05, 4.69) is 43.1 Å². The Kier molecular flexibility index (Phi) is 9.09. The molecule has 1 rings (SSSR count). The van der Waals surface area contributed by atoms with Gasteiger partial charge < -0.3 is 10.2 Å². The summed E-state index contributed by atoms with van der Waals surface area (Å²) in [6, 6.07) is 0. The summed E-state index contributed by atoms with van der Waals surface area (Å²) in [6.45, 7) is 6.19. The van der Waals surface area contributed by atoms with Crippen molar-refractivity contribution in [1.82, 2.24) is 15.1 Å². The number of thioether (sulfide) groups is 2. The molecule has 0 spiro atoms. The monoisotopic (exact) mass is 333 g/mol. The van der Waals surface area contributed by atoms with E-state index < -0.39 is 0 Å². The summed E-state index contributed by atoms with van der Waals surface area (Å²) in [5, 5.41) is 3.19. The fraction of sp³-hybridized carbons (Fsp3) is 0.933. The van der Waals surface area contributed by atoms with Crippen molar-refractivity contribution in [3.63, 3.8) is 0 Å². The maximum Gasteiger partial charge on any atom is 0.221 e. The molecule has 1 fully saturated rings. The quantitative estimate of drug-likeness (QED) is 0.737. The summed E-state index contributed by atoms with van der Waals surface area (Å²) < 4.78 is 0. The van der Waals surface area contributed by atoms with Crippen LogP contribution in [0, 0.1) is 0 Å². The van der Waals surface area contributed by atoms with Gasteiger partial charge in [-0.05, 0) is 47.3 Å². The van der Waals surface area contributed by atoms with Crippen molar-refractivity contribution < 1.29 is 4.79 Å². The molecule has 0 aliphatic carbocycles. The number of nitrogens with one attached hydrogen (secondary N) is 1. The van der Waals surface area contributed by atoms with Crippen LogP contribution in [0.3, 0.4) is 0 Å². The summed E-state index contributed by atoms with van der Waals surface area (Å²) in [5.41, 5.74) is -0.102. The molecule has 1 saturated heterocycles. The van der Waals surface area contributed by atoms with Gasteiger partial charge in [0.15, 0.2) is 0 Å². The van der Waals surface area contributed by atoms with E-state index in [0.717, 1.165) is 37.7 Å². The average molecular weight is 334 g/mol. The van der Waals surface area contributed by atoms with Crippen LogP contribution >= 0.6 is 23.5 Å². The van der Waals surface area contributed by atoms with Crippen LogP contribution in [0.5, 0.6) is 0 Å². The zero-order valence-electron chi connectivity index (χ0n) is 14.0. The van der Waals surface area contributed by atoms with Crippen molar-refractivity contribution in [1.29, 1.82) is 0 Å². The van der Waals surface area contributed by atoms with E-state index in [4.69, 9.17) is 0 Å². The normalized spacial score (nSPS) is 17.8. The maximum absolute atomic E-state index is 12.1. The van der Waals surface area contributed by atoms with Crippen LogP contribution in [0.2, 0.25) is 0 Å². The molecule has 1 heterocycles. The Bertz CT molecular complexity index is 303. The third kappa shape index (κ3) is 9.66. The van der Waals surface area contributed by atoms with Crippen molar-refractivity contribution in [3.8, 4) is 0 Å². The van der Waals surface area contributed by atoms with E-state index in [9.17, 15) is 4.79 Å². The highest BCUT2D eigenvalue weighted by Crippen LogP contribution is 2.17. The average Bonchev–Trinajstić information content (AvgIpc) is 2.63. The van der Waals surface area contributed by atoms with Crippen molar-refractivity contribution in [2.45, 2.75) is 38.6 Å². The predicted molar refractivity (Wildman–Crippen MR) is 96.0 cm³/mol. The number of hydrogen-bond acceptors (Lipinski definition) is 5. The van der Waals surface area contributed by atoms with Crippen LogP contribution in [0.15, 0.2) is 0 Å². The predicted octanol–water partition coefficient (Wildman–Crippen LogP) is 2.31. The fourth-order valence-electron chi connectivity index (χ4n) is 2.27. The third-order valence-electron chi connectivity index (χ3n) is 3.46. The molecule has 0 atom stereocenters. The lowest BCUT2D eigenvalue weighted by Crippen LogP contribution is -2.44. The second kappa shape index (κ2) is 9.98. The summed E-state index contributed by atoms with van der Waals surface area (Å²) in [6.07, 6.45) is 2.74. The van der Waals surface area contributed by atoms with E-state index in [1.165, 1.54) is 11.5 Å². The minimum absolute atomic E-state index is 0.102. The maximum atomic E-state index is 12.1. The molecule has 0 unspecified atom stereocenters.